The highest BCUT2D eigenvalue weighted by Gasteiger charge is 2.66. The van der Waals surface area contributed by atoms with Gasteiger partial charge in [0, 0.05) is 28.2 Å². The van der Waals surface area contributed by atoms with Crippen LogP contribution in [0.15, 0.2) is 54.6 Å². The fourth-order valence-electron chi connectivity index (χ4n) is 6.31. The van der Waals surface area contributed by atoms with Gasteiger partial charge in [-0.1, -0.05) is 62.2 Å². The second-order valence-corrected chi connectivity index (χ2v) is 12.7. The summed E-state index contributed by atoms with van der Waals surface area (Å²) in [5.41, 5.74) is 5.45. The van der Waals surface area contributed by atoms with Crippen LogP contribution in [-0.2, 0) is 15.0 Å². The molecule has 1 saturated heterocycles. The van der Waals surface area contributed by atoms with Crippen LogP contribution in [0.1, 0.15) is 54.6 Å². The SMILES string of the molecule is COc1cc(C(N)=O)ccc1NC(=O)[C@@H]1N[C@@H](CC(C)(C)C)C2(C(=O)Nc3cc(Cl)ccc32)[C@@H]1c1cccc(Cl)c1F. The molecule has 2 heterocycles. The predicted octanol–water partition coefficient (Wildman–Crippen LogP) is 5.63. The van der Waals surface area contributed by atoms with Crippen molar-refractivity contribution in [3.63, 3.8) is 0 Å². The van der Waals surface area contributed by atoms with Gasteiger partial charge in [0.05, 0.1) is 23.9 Å². The number of methoxy groups -OCH3 is 1. The molecule has 4 atom stereocenters. The zero-order valence-electron chi connectivity index (χ0n) is 23.5. The molecule has 0 aliphatic carbocycles. The minimum atomic E-state index is -1.39. The van der Waals surface area contributed by atoms with E-state index in [0.717, 1.165) is 0 Å². The molecule has 1 unspecified atom stereocenters. The van der Waals surface area contributed by atoms with Gasteiger partial charge in [0.2, 0.25) is 17.7 Å². The van der Waals surface area contributed by atoms with Crippen LogP contribution in [0.2, 0.25) is 10.0 Å². The minimum Gasteiger partial charge on any atom is -0.495 e. The van der Waals surface area contributed by atoms with E-state index < -0.39 is 41.0 Å². The lowest BCUT2D eigenvalue weighted by molar-refractivity contribution is -0.122. The summed E-state index contributed by atoms with van der Waals surface area (Å²) in [5.74, 6) is -3.07. The first-order valence-corrected chi connectivity index (χ1v) is 14.1. The number of primary amides is 1. The summed E-state index contributed by atoms with van der Waals surface area (Å²) < 4.78 is 21.3. The molecule has 5 N–H and O–H groups in total. The van der Waals surface area contributed by atoms with Crippen molar-refractivity contribution in [1.82, 2.24) is 5.32 Å². The third kappa shape index (κ3) is 4.99. The topological polar surface area (TPSA) is 123 Å². The highest BCUT2D eigenvalue weighted by atomic mass is 35.5. The van der Waals surface area contributed by atoms with E-state index in [0.29, 0.717) is 22.7 Å². The molecule has 3 aromatic rings. The molecule has 2 aliphatic rings. The van der Waals surface area contributed by atoms with E-state index in [1.165, 1.54) is 31.4 Å². The largest absolute Gasteiger partial charge is 0.495 e. The predicted molar refractivity (Wildman–Crippen MR) is 161 cm³/mol. The molecule has 1 spiro atoms. The van der Waals surface area contributed by atoms with Crippen LogP contribution in [0.25, 0.3) is 0 Å². The summed E-state index contributed by atoms with van der Waals surface area (Å²) in [5, 5.41) is 9.52. The van der Waals surface area contributed by atoms with E-state index in [1.807, 2.05) is 20.8 Å². The van der Waals surface area contributed by atoms with Gasteiger partial charge in [-0.2, -0.15) is 0 Å². The molecule has 42 heavy (non-hydrogen) atoms. The van der Waals surface area contributed by atoms with Crippen molar-refractivity contribution in [2.45, 2.75) is 50.6 Å². The number of benzene rings is 3. The van der Waals surface area contributed by atoms with Gasteiger partial charge in [0.15, 0.2) is 0 Å². The van der Waals surface area contributed by atoms with Crippen molar-refractivity contribution in [2.24, 2.45) is 11.1 Å². The molecule has 8 nitrogen and oxygen atoms in total. The number of amides is 3. The Labute approximate surface area is 253 Å². The molecule has 2 aliphatic heterocycles. The van der Waals surface area contributed by atoms with Crippen LogP contribution in [0.3, 0.4) is 0 Å². The number of rotatable bonds is 6. The average Bonchev–Trinajstić information content (AvgIpc) is 3.39. The molecule has 0 saturated carbocycles. The molecule has 3 amide bonds. The third-order valence-corrected chi connectivity index (χ3v) is 8.49. The number of hydrogen-bond donors (Lipinski definition) is 4. The van der Waals surface area contributed by atoms with Gasteiger partial charge in [-0.15, -0.1) is 0 Å². The van der Waals surface area contributed by atoms with Gasteiger partial charge >= 0.3 is 0 Å². The van der Waals surface area contributed by atoms with Crippen LogP contribution in [0, 0.1) is 11.2 Å². The average molecular weight is 614 g/mol. The Kier molecular flexibility index (Phi) is 7.72. The summed E-state index contributed by atoms with van der Waals surface area (Å²) in [6.45, 7) is 6.10. The van der Waals surface area contributed by atoms with Crippen LogP contribution in [0.4, 0.5) is 15.8 Å². The monoisotopic (exact) mass is 612 g/mol. The van der Waals surface area contributed by atoms with Crippen LogP contribution in [0.5, 0.6) is 5.75 Å². The molecular weight excluding hydrogens is 582 g/mol. The number of carbonyl (C=O) groups is 3. The molecule has 5 rings (SSSR count). The van der Waals surface area contributed by atoms with Gasteiger partial charge in [0.1, 0.15) is 17.0 Å². The van der Waals surface area contributed by atoms with E-state index in [9.17, 15) is 14.4 Å². The number of nitrogens with two attached hydrogens (primary N) is 1. The fraction of sp³-hybridized carbons (Fsp3) is 0.323. The maximum absolute atomic E-state index is 15.9. The maximum Gasteiger partial charge on any atom is 0.248 e. The Bertz CT molecular complexity index is 1610. The number of nitrogens with one attached hydrogen (secondary N) is 3. The number of anilines is 2. The Morgan fingerprint density at radius 1 is 1.12 bits per heavy atom. The second kappa shape index (κ2) is 10.9. The molecule has 1 fully saturated rings. The second-order valence-electron chi connectivity index (χ2n) is 11.9. The van der Waals surface area contributed by atoms with Crippen LogP contribution in [-0.4, -0.2) is 36.9 Å². The van der Waals surface area contributed by atoms with E-state index in [1.54, 1.807) is 30.3 Å². The lowest BCUT2D eigenvalue weighted by Gasteiger charge is -2.37. The standard InChI is InChI=1S/C31H31Cl2FN4O4/c1-30(2,3)14-23-31(18-10-9-16(32)13-21(18)37-29(31)41)24(17-6-5-7-19(33)25(17)34)26(38-23)28(40)36-20-11-8-15(27(35)39)12-22(20)42-4/h5-13,23-24,26,38H,14H2,1-4H3,(H2,35,39)(H,36,40)(H,37,41)/t23-,24+,26+,31?/m0/s1. The smallest absolute Gasteiger partial charge is 0.248 e. The lowest BCUT2D eigenvalue weighted by Crippen LogP contribution is -2.49. The number of ether oxygens (including phenoxy) is 1. The van der Waals surface area contributed by atoms with Crippen molar-refractivity contribution in [2.75, 3.05) is 17.7 Å². The summed E-state index contributed by atoms with van der Waals surface area (Å²) in [6, 6.07) is 12.4. The van der Waals surface area contributed by atoms with Gasteiger partial charge in [-0.25, -0.2) is 4.39 Å². The van der Waals surface area contributed by atoms with Crippen molar-refractivity contribution in [1.29, 1.82) is 0 Å². The Hall–Kier alpha value is -3.66. The Morgan fingerprint density at radius 2 is 1.86 bits per heavy atom. The van der Waals surface area contributed by atoms with Gasteiger partial charge in [-0.3, -0.25) is 14.4 Å². The first-order chi connectivity index (χ1) is 19.8. The number of carbonyl (C=O) groups excluding carboxylic acids is 3. The van der Waals surface area contributed by atoms with Crippen molar-refractivity contribution < 1.29 is 23.5 Å². The highest BCUT2D eigenvalue weighted by Crippen LogP contribution is 2.57. The summed E-state index contributed by atoms with van der Waals surface area (Å²) in [4.78, 5) is 40.1. The Balaban J connectivity index is 1.70. The van der Waals surface area contributed by atoms with Gasteiger partial charge in [-0.05, 0) is 59.4 Å². The number of halogens is 3. The molecule has 0 radical (unpaired) electrons. The molecule has 220 valence electrons. The summed E-state index contributed by atoms with van der Waals surface area (Å²) in [7, 11) is 1.40. The van der Waals surface area contributed by atoms with Crippen LogP contribution < -0.4 is 26.4 Å². The zero-order chi connectivity index (χ0) is 30.6. The van der Waals surface area contributed by atoms with Crippen molar-refractivity contribution in [3.05, 3.63) is 87.2 Å². The molecule has 0 aromatic heterocycles. The normalized spacial score (nSPS) is 23.0. The van der Waals surface area contributed by atoms with Gasteiger partial charge in [0.25, 0.3) is 0 Å². The molecular formula is C31H31Cl2FN4O4. The van der Waals surface area contributed by atoms with Gasteiger partial charge < -0.3 is 26.4 Å². The number of hydrogen-bond acceptors (Lipinski definition) is 5. The molecule has 0 bridgehead atoms. The van der Waals surface area contributed by atoms with E-state index in [2.05, 4.69) is 16.0 Å². The molecule has 11 heteroatoms. The zero-order valence-corrected chi connectivity index (χ0v) is 25.0. The summed E-state index contributed by atoms with van der Waals surface area (Å²) in [6.07, 6.45) is 0.474. The first-order valence-electron chi connectivity index (χ1n) is 13.4. The third-order valence-electron chi connectivity index (χ3n) is 7.96. The fourth-order valence-corrected chi connectivity index (χ4v) is 6.66. The lowest BCUT2D eigenvalue weighted by atomic mass is 9.62. The molecule has 3 aromatic carbocycles. The number of fused-ring (bicyclic) bond motifs is 2. The first kappa shape index (κ1) is 29.8. The van der Waals surface area contributed by atoms with Crippen molar-refractivity contribution >= 4 is 52.3 Å². The highest BCUT2D eigenvalue weighted by molar-refractivity contribution is 6.31. The minimum absolute atomic E-state index is 0.125. The van der Waals surface area contributed by atoms with E-state index >= 15 is 4.39 Å². The Morgan fingerprint density at radius 3 is 2.52 bits per heavy atom. The van der Waals surface area contributed by atoms with Crippen molar-refractivity contribution in [3.8, 4) is 5.75 Å². The van der Waals surface area contributed by atoms with E-state index in [4.69, 9.17) is 33.7 Å². The maximum atomic E-state index is 15.9. The van der Waals surface area contributed by atoms with Crippen LogP contribution >= 0.6 is 23.2 Å². The van der Waals surface area contributed by atoms with E-state index in [-0.39, 0.29) is 38.9 Å². The summed E-state index contributed by atoms with van der Waals surface area (Å²) >= 11 is 12.5. The quantitative estimate of drug-likeness (QED) is 0.287.